The number of unbranched alkanes of at least 4 members (excludes halogenated alkanes) is 1. The Morgan fingerprint density at radius 1 is 1.35 bits per heavy atom. The predicted molar refractivity (Wildman–Crippen MR) is 89.1 cm³/mol. The van der Waals surface area contributed by atoms with E-state index in [2.05, 4.69) is 27.2 Å². The van der Waals surface area contributed by atoms with Crippen LogP contribution in [0.1, 0.15) is 25.3 Å². The zero-order valence-electron chi connectivity index (χ0n) is 13.5. The summed E-state index contributed by atoms with van der Waals surface area (Å²) >= 11 is 0. The molecule has 2 heterocycles. The predicted octanol–water partition coefficient (Wildman–Crippen LogP) is 3.07. The molecule has 0 aliphatic rings. The first-order valence-electron chi connectivity index (χ1n) is 7.43. The van der Waals surface area contributed by atoms with Gasteiger partial charge in [0, 0.05) is 19.8 Å². The van der Waals surface area contributed by atoms with Gasteiger partial charge in [0.25, 0.3) is 0 Å². The summed E-state index contributed by atoms with van der Waals surface area (Å²) in [5, 5.41) is 14.4. The molecule has 0 bridgehead atoms. The molecule has 0 amide bonds. The van der Waals surface area contributed by atoms with Gasteiger partial charge in [0.2, 0.25) is 11.6 Å². The Morgan fingerprint density at radius 2 is 2.13 bits per heavy atom. The monoisotopic (exact) mass is 316 g/mol. The lowest BCUT2D eigenvalue weighted by atomic mass is 10.3. The van der Waals surface area contributed by atoms with E-state index in [1.54, 1.807) is 24.2 Å². The van der Waals surface area contributed by atoms with Crippen LogP contribution in [0.25, 0.3) is 0 Å². The second-order valence-corrected chi connectivity index (χ2v) is 5.27. The Hall–Kier alpha value is -2.77. The summed E-state index contributed by atoms with van der Waals surface area (Å²) in [5.74, 6) is 0.948. The van der Waals surface area contributed by atoms with Crippen LogP contribution >= 0.6 is 0 Å². The maximum absolute atomic E-state index is 11.5. The van der Waals surface area contributed by atoms with Crippen LogP contribution in [0, 0.1) is 17.0 Å². The highest BCUT2D eigenvalue weighted by atomic mass is 16.6. The third-order valence-electron chi connectivity index (χ3n) is 3.36. The number of hydrogen-bond acceptors (Lipinski definition) is 7. The van der Waals surface area contributed by atoms with Crippen LogP contribution in [0.15, 0.2) is 24.7 Å². The van der Waals surface area contributed by atoms with E-state index in [9.17, 15) is 10.1 Å². The quantitative estimate of drug-likeness (QED) is 0.619. The fourth-order valence-electron chi connectivity index (χ4n) is 2.14. The van der Waals surface area contributed by atoms with E-state index >= 15 is 0 Å². The summed E-state index contributed by atoms with van der Waals surface area (Å²) in [6.07, 6.45) is 4.89. The van der Waals surface area contributed by atoms with Crippen molar-refractivity contribution in [1.29, 1.82) is 0 Å². The first-order chi connectivity index (χ1) is 11.0. The molecule has 2 aromatic rings. The smallest absolute Gasteiger partial charge is 0.353 e. The summed E-state index contributed by atoms with van der Waals surface area (Å²) in [6.45, 7) is 4.68. The van der Waals surface area contributed by atoms with Crippen LogP contribution in [-0.4, -0.2) is 33.5 Å². The van der Waals surface area contributed by atoms with Crippen molar-refractivity contribution in [3.63, 3.8) is 0 Å². The van der Waals surface area contributed by atoms with Crippen LogP contribution in [0.4, 0.5) is 23.1 Å². The molecule has 0 radical (unpaired) electrons. The number of hydrogen-bond donors (Lipinski definition) is 1. The van der Waals surface area contributed by atoms with Gasteiger partial charge in [-0.05, 0) is 31.0 Å². The summed E-state index contributed by atoms with van der Waals surface area (Å²) in [5.41, 5.74) is 0.855. The van der Waals surface area contributed by atoms with Gasteiger partial charge in [0.05, 0.1) is 4.92 Å². The highest BCUT2D eigenvalue weighted by Gasteiger charge is 2.25. The molecule has 2 rings (SSSR count). The molecule has 8 heteroatoms. The fourth-order valence-corrected chi connectivity index (χ4v) is 2.14. The van der Waals surface area contributed by atoms with Gasteiger partial charge in [-0.15, -0.1) is 0 Å². The van der Waals surface area contributed by atoms with Crippen molar-refractivity contribution >= 4 is 23.1 Å². The molecule has 0 spiro atoms. The molecule has 2 aromatic heterocycles. The number of aromatic nitrogens is 3. The van der Waals surface area contributed by atoms with E-state index in [-0.39, 0.29) is 11.5 Å². The maximum Gasteiger partial charge on any atom is 0.353 e. The van der Waals surface area contributed by atoms with Gasteiger partial charge in [-0.2, -0.15) is 0 Å². The van der Waals surface area contributed by atoms with E-state index in [0.717, 1.165) is 18.4 Å². The van der Waals surface area contributed by atoms with Crippen molar-refractivity contribution in [2.75, 3.05) is 23.8 Å². The van der Waals surface area contributed by atoms with Crippen molar-refractivity contribution in [3.05, 3.63) is 40.3 Å². The van der Waals surface area contributed by atoms with E-state index in [1.165, 1.54) is 6.33 Å². The van der Waals surface area contributed by atoms with Crippen molar-refractivity contribution < 1.29 is 4.92 Å². The molecule has 0 saturated heterocycles. The number of anilines is 3. The van der Waals surface area contributed by atoms with Crippen LogP contribution < -0.4 is 10.2 Å². The number of nitrogens with zero attached hydrogens (tertiary/aromatic N) is 5. The first-order valence-corrected chi connectivity index (χ1v) is 7.43. The van der Waals surface area contributed by atoms with Crippen molar-refractivity contribution in [1.82, 2.24) is 15.0 Å². The molecule has 8 nitrogen and oxygen atoms in total. The SMILES string of the molecule is CCCCN(C)c1ncnc(Nc2cc(C)ccn2)c1[N+](=O)[O-]. The molecule has 0 fully saturated rings. The Morgan fingerprint density at radius 3 is 2.78 bits per heavy atom. The van der Waals surface area contributed by atoms with Gasteiger partial charge in [0.1, 0.15) is 12.1 Å². The molecular formula is C15H20N6O2. The van der Waals surface area contributed by atoms with Gasteiger partial charge < -0.3 is 10.2 Å². The topological polar surface area (TPSA) is 97.1 Å². The van der Waals surface area contributed by atoms with Crippen LogP contribution in [0.5, 0.6) is 0 Å². The summed E-state index contributed by atoms with van der Waals surface area (Å²) in [4.78, 5) is 25.1. The molecule has 0 unspecified atom stereocenters. The van der Waals surface area contributed by atoms with Gasteiger partial charge >= 0.3 is 5.69 Å². The van der Waals surface area contributed by atoms with E-state index in [1.807, 2.05) is 13.0 Å². The maximum atomic E-state index is 11.5. The van der Waals surface area contributed by atoms with E-state index in [4.69, 9.17) is 0 Å². The van der Waals surface area contributed by atoms with E-state index < -0.39 is 4.92 Å². The molecule has 1 N–H and O–H groups in total. The van der Waals surface area contributed by atoms with Crippen molar-refractivity contribution in [2.24, 2.45) is 0 Å². The molecule has 0 aromatic carbocycles. The lowest BCUT2D eigenvalue weighted by Crippen LogP contribution is -2.21. The summed E-state index contributed by atoms with van der Waals surface area (Å²) in [6, 6.07) is 3.65. The lowest BCUT2D eigenvalue weighted by molar-refractivity contribution is -0.383. The van der Waals surface area contributed by atoms with Crippen LogP contribution in [-0.2, 0) is 0 Å². The highest BCUT2D eigenvalue weighted by molar-refractivity contribution is 5.73. The zero-order valence-corrected chi connectivity index (χ0v) is 13.5. The Labute approximate surface area is 134 Å². The normalized spacial score (nSPS) is 10.4. The molecule has 0 atom stereocenters. The van der Waals surface area contributed by atoms with Gasteiger partial charge in [0.15, 0.2) is 0 Å². The highest BCUT2D eigenvalue weighted by Crippen LogP contribution is 2.32. The average Bonchev–Trinajstić information content (AvgIpc) is 2.52. The second-order valence-electron chi connectivity index (χ2n) is 5.27. The van der Waals surface area contributed by atoms with Crippen LogP contribution in [0.2, 0.25) is 0 Å². The molecule has 122 valence electrons. The number of nitrogens with one attached hydrogen (secondary N) is 1. The Balaban J connectivity index is 2.37. The molecule has 0 saturated carbocycles. The van der Waals surface area contributed by atoms with Gasteiger partial charge in [-0.3, -0.25) is 10.1 Å². The number of nitro groups is 1. The average molecular weight is 316 g/mol. The second kappa shape index (κ2) is 7.48. The van der Waals surface area contributed by atoms with Gasteiger partial charge in [-0.25, -0.2) is 15.0 Å². The Kier molecular flexibility index (Phi) is 5.40. The van der Waals surface area contributed by atoms with Gasteiger partial charge in [-0.1, -0.05) is 13.3 Å². The minimum absolute atomic E-state index is 0.140. The molecular weight excluding hydrogens is 296 g/mol. The minimum Gasteiger partial charge on any atom is -0.354 e. The fraction of sp³-hybridized carbons (Fsp3) is 0.400. The van der Waals surface area contributed by atoms with E-state index in [0.29, 0.717) is 18.2 Å². The first kappa shape index (κ1) is 16.6. The zero-order chi connectivity index (χ0) is 16.8. The number of aryl methyl sites for hydroxylation is 1. The Bertz CT molecular complexity index is 691. The molecule has 0 aliphatic heterocycles. The number of rotatable bonds is 7. The van der Waals surface area contributed by atoms with Crippen LogP contribution in [0.3, 0.4) is 0 Å². The molecule has 23 heavy (non-hydrogen) atoms. The number of pyridine rings is 1. The third-order valence-corrected chi connectivity index (χ3v) is 3.36. The third kappa shape index (κ3) is 4.12. The lowest BCUT2D eigenvalue weighted by Gasteiger charge is -2.18. The summed E-state index contributed by atoms with van der Waals surface area (Å²) < 4.78 is 0. The summed E-state index contributed by atoms with van der Waals surface area (Å²) in [7, 11) is 1.79. The van der Waals surface area contributed by atoms with Crippen molar-refractivity contribution in [2.45, 2.75) is 26.7 Å². The molecule has 0 aliphatic carbocycles. The largest absolute Gasteiger partial charge is 0.354 e. The minimum atomic E-state index is -0.462. The van der Waals surface area contributed by atoms with Crippen molar-refractivity contribution in [3.8, 4) is 0 Å². The standard InChI is InChI=1S/C15H20N6O2/c1-4-5-8-20(3)15-13(21(22)23)14(17-10-18-15)19-12-9-11(2)6-7-16-12/h6-7,9-10H,4-5,8H2,1-3H3,(H,16,17,18,19).